The van der Waals surface area contributed by atoms with Gasteiger partial charge in [0, 0.05) is 68.0 Å². The summed E-state index contributed by atoms with van der Waals surface area (Å²) in [7, 11) is 3.25. The molecule has 0 fully saturated rings. The van der Waals surface area contributed by atoms with Crippen molar-refractivity contribution in [3.05, 3.63) is 33.9 Å². The summed E-state index contributed by atoms with van der Waals surface area (Å²) in [5.41, 5.74) is -1.07. The van der Waals surface area contributed by atoms with Crippen molar-refractivity contribution in [3.63, 3.8) is 0 Å². The predicted molar refractivity (Wildman–Crippen MR) is 166 cm³/mol. The summed E-state index contributed by atoms with van der Waals surface area (Å²) in [4.78, 5) is 13.3. The fourth-order valence-corrected chi connectivity index (χ4v) is 3.76. The molecule has 0 aliphatic carbocycles. The lowest BCUT2D eigenvalue weighted by molar-refractivity contribution is -0.540. The number of hydrogen-bond donors (Lipinski definition) is 0. The fourth-order valence-electron chi connectivity index (χ4n) is 3.76. The summed E-state index contributed by atoms with van der Waals surface area (Å²) >= 11 is 0. The number of hydrogen-bond acceptors (Lipinski definition) is 11. The van der Waals surface area contributed by atoms with Gasteiger partial charge < -0.3 is 48.2 Å². The van der Waals surface area contributed by atoms with E-state index in [2.05, 4.69) is 0 Å². The Morgan fingerprint density at radius 1 is 0.651 bits per heavy atom. The molecule has 0 saturated heterocycles. The van der Waals surface area contributed by atoms with Gasteiger partial charge in [0.05, 0.1) is 85.9 Å². The topological polar surface area (TPSA) is 120 Å². The Kier molecular flexibility index (Phi) is 18.6. The maximum Gasteiger partial charge on any atom is 0.259 e. The average molecular weight is 617 g/mol. The largest absolute Gasteiger partial charge is 0.758 e. The minimum atomic E-state index is -0.996. The number of anilines is 1. The molecular weight excluding hydrogens is 560 g/mol. The van der Waals surface area contributed by atoms with Crippen LogP contribution in [0.15, 0.2) is 18.2 Å². The monoisotopic (exact) mass is 616 g/mol. The van der Waals surface area contributed by atoms with E-state index in [1.807, 2.05) is 48.5 Å². The molecule has 43 heavy (non-hydrogen) atoms. The van der Waals surface area contributed by atoms with E-state index in [0.29, 0.717) is 89.6 Å². The van der Waals surface area contributed by atoms with E-state index in [1.165, 1.54) is 0 Å². The first kappa shape index (κ1) is 39.3. The third-order valence-electron chi connectivity index (χ3n) is 6.21. The summed E-state index contributed by atoms with van der Waals surface area (Å²) < 4.78 is 45.3. The van der Waals surface area contributed by atoms with Crippen molar-refractivity contribution in [2.75, 3.05) is 105 Å². The van der Waals surface area contributed by atoms with Crippen molar-refractivity contribution >= 4 is 11.4 Å². The van der Waals surface area contributed by atoms with Crippen molar-refractivity contribution < 1.29 is 42.7 Å². The van der Waals surface area contributed by atoms with E-state index >= 15 is 0 Å². The number of nitrogens with zero attached hydrogens (tertiary/aromatic N) is 2. The smallest absolute Gasteiger partial charge is 0.259 e. The summed E-state index contributed by atoms with van der Waals surface area (Å²) in [5.74, 6) is 0. The van der Waals surface area contributed by atoms with Crippen LogP contribution >= 0.6 is 0 Å². The van der Waals surface area contributed by atoms with Gasteiger partial charge in [0.1, 0.15) is 5.60 Å². The van der Waals surface area contributed by atoms with Gasteiger partial charge in [-0.3, -0.25) is 0 Å². The second-order valence-electron chi connectivity index (χ2n) is 12.2. The summed E-state index contributed by atoms with van der Waals surface area (Å²) in [6, 6.07) is 5.15. The third kappa shape index (κ3) is 15.7. The molecule has 0 amide bonds. The van der Waals surface area contributed by atoms with Gasteiger partial charge in [-0.15, -0.1) is 0 Å². The number of nitroso groups, excluding NO2 is 1. The van der Waals surface area contributed by atoms with Crippen molar-refractivity contribution in [2.45, 2.75) is 65.1 Å². The molecule has 1 aromatic rings. The number of methoxy groups -OCH3 is 2. The lowest BCUT2D eigenvalue weighted by Gasteiger charge is -2.44. The summed E-state index contributed by atoms with van der Waals surface area (Å²) in [5, 5.41) is 14.2. The van der Waals surface area contributed by atoms with Crippen molar-refractivity contribution in [3.8, 4) is 0 Å². The van der Waals surface area contributed by atoms with E-state index in [-0.39, 0.29) is 13.2 Å². The molecule has 0 aromatic heterocycles. The highest BCUT2D eigenvalue weighted by molar-refractivity contribution is 5.59. The van der Waals surface area contributed by atoms with E-state index in [1.54, 1.807) is 32.4 Å². The first-order chi connectivity index (χ1) is 20.3. The molecule has 0 aliphatic rings. The molecule has 1 unspecified atom stereocenters. The van der Waals surface area contributed by atoms with Crippen LogP contribution in [0.4, 0.5) is 11.4 Å². The molecule has 0 heterocycles. The van der Waals surface area contributed by atoms with Crippen molar-refractivity contribution in [1.82, 2.24) is 0 Å². The van der Waals surface area contributed by atoms with Crippen LogP contribution < -0.4 is 5.06 Å². The molecular formula is C31H56N2O10. The zero-order chi connectivity index (χ0) is 32.4. The van der Waals surface area contributed by atoms with Crippen LogP contribution in [0.3, 0.4) is 0 Å². The Hall–Kier alpha value is -1.74. The van der Waals surface area contributed by atoms with Gasteiger partial charge >= 0.3 is 0 Å². The van der Waals surface area contributed by atoms with Gasteiger partial charge in [0.15, 0.2) is 0 Å². The lowest BCUT2D eigenvalue weighted by atomic mass is 9.94. The molecule has 0 N–H and O–H groups in total. The minimum Gasteiger partial charge on any atom is -0.758 e. The van der Waals surface area contributed by atoms with Gasteiger partial charge in [-0.05, 0) is 39.3 Å². The van der Waals surface area contributed by atoms with Crippen LogP contribution in [-0.2, 0) is 43.5 Å². The van der Waals surface area contributed by atoms with Crippen LogP contribution in [0.5, 0.6) is 0 Å². The van der Waals surface area contributed by atoms with Gasteiger partial charge in [0.2, 0.25) is 5.54 Å². The fraction of sp³-hybridized carbons (Fsp3) is 0.806. The predicted octanol–water partition coefficient (Wildman–Crippen LogP) is 4.61. The minimum absolute atomic E-state index is 0.159. The van der Waals surface area contributed by atoms with Crippen LogP contribution in [0.1, 0.15) is 54.0 Å². The van der Waals surface area contributed by atoms with Crippen LogP contribution in [0, 0.1) is 10.1 Å². The molecule has 12 nitrogen and oxygen atoms in total. The molecule has 1 rings (SSSR count). The third-order valence-corrected chi connectivity index (χ3v) is 6.21. The van der Waals surface area contributed by atoms with Crippen molar-refractivity contribution in [1.29, 1.82) is 0 Å². The van der Waals surface area contributed by atoms with E-state index in [0.717, 1.165) is 9.82 Å². The molecule has 0 aliphatic heterocycles. The number of benzene rings is 1. The average Bonchev–Trinajstić information content (AvgIpc) is 2.95. The van der Waals surface area contributed by atoms with Crippen LogP contribution in [-0.4, -0.2) is 116 Å². The zero-order valence-electron chi connectivity index (χ0n) is 27.9. The molecule has 1 atom stereocenters. The Labute approximate surface area is 258 Å². The van der Waals surface area contributed by atoms with E-state index in [4.69, 9.17) is 37.9 Å². The Morgan fingerprint density at radius 3 is 1.53 bits per heavy atom. The highest BCUT2D eigenvalue weighted by Crippen LogP contribution is 2.36. The van der Waals surface area contributed by atoms with E-state index < -0.39 is 16.7 Å². The number of ether oxygens (including phenoxy) is 8. The van der Waals surface area contributed by atoms with Gasteiger partial charge in [-0.2, -0.15) is 0 Å². The molecule has 1 aromatic carbocycles. The van der Waals surface area contributed by atoms with Crippen LogP contribution in [0.25, 0.3) is 0 Å². The molecule has 0 saturated carbocycles. The quantitative estimate of drug-likeness (QED) is 0.0920. The van der Waals surface area contributed by atoms with Gasteiger partial charge in [-0.25, -0.2) is 0 Å². The molecule has 0 spiro atoms. The second kappa shape index (κ2) is 20.3. The molecule has 250 valence electrons. The summed E-state index contributed by atoms with van der Waals surface area (Å²) in [6.07, 6.45) is 0. The van der Waals surface area contributed by atoms with Crippen LogP contribution in [0.2, 0.25) is 0 Å². The first-order valence-corrected chi connectivity index (χ1v) is 14.9. The first-order valence-electron chi connectivity index (χ1n) is 14.9. The van der Waals surface area contributed by atoms with Gasteiger partial charge in [0.25, 0.3) is 5.69 Å². The molecule has 0 radical (unpaired) electrons. The van der Waals surface area contributed by atoms with Crippen molar-refractivity contribution in [2.24, 2.45) is 0 Å². The highest BCUT2D eigenvalue weighted by atomic mass is 16.6. The maximum atomic E-state index is 13.3. The standard InChI is InChI=1S/C31H56N2O10/c1-29(2,3)32(34)27-22-26(23-28(24-27)33(35)30(4,5)6)31(7,43-21-20-41-17-15-39-13-11-37-9)25-42-19-18-40-16-14-38-12-10-36-8/h22-24H,10-21,25H2,1-9H3. The maximum absolute atomic E-state index is 13.3. The highest BCUT2D eigenvalue weighted by Gasteiger charge is 2.36. The molecule has 0 bridgehead atoms. The lowest BCUT2D eigenvalue weighted by Crippen LogP contribution is -2.38. The van der Waals surface area contributed by atoms with E-state index in [9.17, 15) is 10.1 Å². The zero-order valence-corrected chi connectivity index (χ0v) is 27.9. The second-order valence-corrected chi connectivity index (χ2v) is 12.2. The summed E-state index contributed by atoms with van der Waals surface area (Å²) in [6.45, 7) is 18.1. The van der Waals surface area contributed by atoms with Gasteiger partial charge in [-0.1, -0.05) is 0 Å². The molecule has 12 heteroatoms. The number of rotatable bonds is 24. The SMILES string of the molecule is COCCOCCOCCOCC(C)(OCCOCCOCCOC)c1cc(N([O-])C(C)(C)C)cc([N+](=O)C(C)(C)C)c1. The Bertz CT molecular complexity index is 904. The Balaban J connectivity index is 3.04. The normalized spacial score (nSPS) is 13.7. The Morgan fingerprint density at radius 2 is 1.09 bits per heavy atom. The number of hydroxylamine groups is 1.